The van der Waals surface area contributed by atoms with Crippen LogP contribution in [0.3, 0.4) is 0 Å². The third kappa shape index (κ3) is 2.22. The Balaban J connectivity index is 2.96. The molecule has 0 heterocycles. The van der Waals surface area contributed by atoms with Crippen LogP contribution in [0.5, 0.6) is 0 Å². The molecule has 0 aromatic heterocycles. The molecule has 0 bridgehead atoms. The van der Waals surface area contributed by atoms with Crippen molar-refractivity contribution in [3.05, 3.63) is 33.3 Å². The summed E-state index contributed by atoms with van der Waals surface area (Å²) in [4.78, 5) is 0. The Bertz CT molecular complexity index is 275. The first-order valence-electron chi connectivity index (χ1n) is 3.77. The fourth-order valence-electron chi connectivity index (χ4n) is 0.948. The fraction of sp³-hybridized carbons (Fsp3) is 0.333. The first-order valence-corrected chi connectivity index (χ1v) is 4.94. The standard InChI is InChI=1S/C9H11BrClN/c1-6(12-2)7-3-4-8(10)9(11)5-7/h3-6,12H,1-2H3/t6-/m1/s1. The molecule has 3 heteroatoms. The summed E-state index contributed by atoms with van der Waals surface area (Å²) in [6.07, 6.45) is 0. The van der Waals surface area contributed by atoms with Crippen LogP contribution in [-0.4, -0.2) is 7.05 Å². The summed E-state index contributed by atoms with van der Waals surface area (Å²) in [6.45, 7) is 2.10. The minimum atomic E-state index is 0.343. The van der Waals surface area contributed by atoms with Crippen LogP contribution in [-0.2, 0) is 0 Å². The normalized spacial score (nSPS) is 13.0. The molecule has 1 atom stereocenters. The van der Waals surface area contributed by atoms with Gasteiger partial charge in [-0.3, -0.25) is 0 Å². The molecule has 66 valence electrons. The first kappa shape index (κ1) is 10.0. The Morgan fingerprint density at radius 1 is 1.50 bits per heavy atom. The molecular formula is C9H11BrClN. The van der Waals surface area contributed by atoms with Gasteiger partial charge in [0, 0.05) is 10.5 Å². The molecule has 12 heavy (non-hydrogen) atoms. The van der Waals surface area contributed by atoms with E-state index in [1.807, 2.05) is 19.2 Å². The number of benzene rings is 1. The molecule has 0 aliphatic heterocycles. The van der Waals surface area contributed by atoms with Gasteiger partial charge in [-0.25, -0.2) is 0 Å². The molecule has 0 aliphatic carbocycles. The number of hydrogen-bond donors (Lipinski definition) is 1. The monoisotopic (exact) mass is 247 g/mol. The number of halogens is 2. The minimum Gasteiger partial charge on any atom is -0.313 e. The van der Waals surface area contributed by atoms with Crippen molar-refractivity contribution in [3.63, 3.8) is 0 Å². The molecule has 0 unspecified atom stereocenters. The predicted octanol–water partition coefficient (Wildman–Crippen LogP) is 3.38. The molecule has 0 amide bonds. The van der Waals surface area contributed by atoms with Crippen LogP contribution in [0.15, 0.2) is 22.7 Å². The van der Waals surface area contributed by atoms with Crippen molar-refractivity contribution >= 4 is 27.5 Å². The van der Waals surface area contributed by atoms with Crippen LogP contribution in [0.2, 0.25) is 5.02 Å². The average Bonchev–Trinajstić information content (AvgIpc) is 2.08. The quantitative estimate of drug-likeness (QED) is 0.846. The van der Waals surface area contributed by atoms with Gasteiger partial charge in [-0.1, -0.05) is 17.7 Å². The molecule has 0 saturated heterocycles. The van der Waals surface area contributed by atoms with Gasteiger partial charge in [-0.15, -0.1) is 0 Å². The molecule has 1 N–H and O–H groups in total. The van der Waals surface area contributed by atoms with E-state index in [9.17, 15) is 0 Å². The lowest BCUT2D eigenvalue weighted by molar-refractivity contribution is 0.652. The Morgan fingerprint density at radius 2 is 2.17 bits per heavy atom. The van der Waals surface area contributed by atoms with E-state index in [1.165, 1.54) is 5.56 Å². The summed E-state index contributed by atoms with van der Waals surface area (Å²) in [7, 11) is 1.93. The Hall–Kier alpha value is -0.0500. The zero-order chi connectivity index (χ0) is 9.14. The Labute approximate surface area is 86.2 Å². The van der Waals surface area contributed by atoms with Crippen molar-refractivity contribution in [2.75, 3.05) is 7.05 Å². The molecule has 1 nitrogen and oxygen atoms in total. The maximum atomic E-state index is 5.94. The molecule has 0 spiro atoms. The van der Waals surface area contributed by atoms with Gasteiger partial charge in [0.2, 0.25) is 0 Å². The maximum Gasteiger partial charge on any atom is 0.0551 e. The van der Waals surface area contributed by atoms with Gasteiger partial charge < -0.3 is 5.32 Å². The van der Waals surface area contributed by atoms with Gasteiger partial charge in [0.1, 0.15) is 0 Å². The summed E-state index contributed by atoms with van der Waals surface area (Å²) in [5, 5.41) is 3.91. The van der Waals surface area contributed by atoms with Gasteiger partial charge in [-0.05, 0) is 47.6 Å². The lowest BCUT2D eigenvalue weighted by Crippen LogP contribution is -2.11. The molecule has 0 radical (unpaired) electrons. The smallest absolute Gasteiger partial charge is 0.0551 e. The summed E-state index contributed by atoms with van der Waals surface area (Å²) in [5.74, 6) is 0. The second-order valence-electron chi connectivity index (χ2n) is 2.68. The van der Waals surface area contributed by atoms with Crippen molar-refractivity contribution in [2.24, 2.45) is 0 Å². The molecule has 1 aromatic carbocycles. The van der Waals surface area contributed by atoms with Crippen LogP contribution in [0.4, 0.5) is 0 Å². The van der Waals surface area contributed by atoms with Crippen molar-refractivity contribution in [1.29, 1.82) is 0 Å². The van der Waals surface area contributed by atoms with Crippen molar-refractivity contribution < 1.29 is 0 Å². The van der Waals surface area contributed by atoms with Gasteiger partial charge >= 0.3 is 0 Å². The van der Waals surface area contributed by atoms with E-state index < -0.39 is 0 Å². The fourth-order valence-corrected chi connectivity index (χ4v) is 1.38. The van der Waals surface area contributed by atoms with Crippen LogP contribution in [0.25, 0.3) is 0 Å². The molecule has 1 rings (SSSR count). The van der Waals surface area contributed by atoms with E-state index >= 15 is 0 Å². The average molecular weight is 249 g/mol. The van der Waals surface area contributed by atoms with Gasteiger partial charge in [0.05, 0.1) is 5.02 Å². The van der Waals surface area contributed by atoms with E-state index in [4.69, 9.17) is 11.6 Å². The van der Waals surface area contributed by atoms with Gasteiger partial charge in [0.25, 0.3) is 0 Å². The third-order valence-corrected chi connectivity index (χ3v) is 3.11. The Kier molecular flexibility index (Phi) is 3.56. The van der Waals surface area contributed by atoms with Crippen molar-refractivity contribution in [1.82, 2.24) is 5.32 Å². The molecule has 0 aliphatic rings. The lowest BCUT2D eigenvalue weighted by atomic mass is 10.1. The molecule has 1 aromatic rings. The van der Waals surface area contributed by atoms with E-state index in [0.717, 1.165) is 9.50 Å². The number of rotatable bonds is 2. The zero-order valence-corrected chi connectivity index (χ0v) is 9.41. The maximum absolute atomic E-state index is 5.94. The van der Waals surface area contributed by atoms with Crippen molar-refractivity contribution in [2.45, 2.75) is 13.0 Å². The highest BCUT2D eigenvalue weighted by molar-refractivity contribution is 9.10. The number of hydrogen-bond acceptors (Lipinski definition) is 1. The molecule has 0 saturated carbocycles. The summed E-state index contributed by atoms with van der Waals surface area (Å²) >= 11 is 9.29. The molecular weight excluding hydrogens is 237 g/mol. The topological polar surface area (TPSA) is 12.0 Å². The minimum absolute atomic E-state index is 0.343. The lowest BCUT2D eigenvalue weighted by Gasteiger charge is -2.10. The van der Waals surface area contributed by atoms with Crippen LogP contribution in [0.1, 0.15) is 18.5 Å². The van der Waals surface area contributed by atoms with E-state index in [0.29, 0.717) is 6.04 Å². The van der Waals surface area contributed by atoms with E-state index in [1.54, 1.807) is 0 Å². The second kappa shape index (κ2) is 4.26. The third-order valence-electron chi connectivity index (χ3n) is 1.88. The highest BCUT2D eigenvalue weighted by atomic mass is 79.9. The summed E-state index contributed by atoms with van der Waals surface area (Å²) in [6, 6.07) is 6.32. The van der Waals surface area contributed by atoms with E-state index in [-0.39, 0.29) is 0 Å². The second-order valence-corrected chi connectivity index (χ2v) is 3.95. The van der Waals surface area contributed by atoms with Gasteiger partial charge in [-0.2, -0.15) is 0 Å². The van der Waals surface area contributed by atoms with Crippen LogP contribution >= 0.6 is 27.5 Å². The zero-order valence-electron chi connectivity index (χ0n) is 7.07. The summed E-state index contributed by atoms with van der Waals surface area (Å²) < 4.78 is 0.941. The van der Waals surface area contributed by atoms with E-state index in [2.05, 4.69) is 34.2 Å². The highest BCUT2D eigenvalue weighted by Crippen LogP contribution is 2.25. The first-order chi connectivity index (χ1) is 5.65. The largest absolute Gasteiger partial charge is 0.313 e. The summed E-state index contributed by atoms with van der Waals surface area (Å²) in [5.41, 5.74) is 1.20. The number of nitrogens with one attached hydrogen (secondary N) is 1. The van der Waals surface area contributed by atoms with Crippen LogP contribution in [0, 0.1) is 0 Å². The SMILES string of the molecule is CN[C@H](C)c1ccc(Br)c(Cl)c1. The van der Waals surface area contributed by atoms with Crippen LogP contribution < -0.4 is 5.32 Å². The predicted molar refractivity (Wildman–Crippen MR) is 56.6 cm³/mol. The van der Waals surface area contributed by atoms with Crippen molar-refractivity contribution in [3.8, 4) is 0 Å². The highest BCUT2D eigenvalue weighted by Gasteiger charge is 2.04. The molecule has 0 fully saturated rings. The Morgan fingerprint density at radius 3 is 2.67 bits per heavy atom. The van der Waals surface area contributed by atoms with Gasteiger partial charge in [0.15, 0.2) is 0 Å².